The second kappa shape index (κ2) is 8.98. The van der Waals surface area contributed by atoms with Crippen LogP contribution in [-0.2, 0) is 0 Å². The van der Waals surface area contributed by atoms with Crippen LogP contribution >= 0.6 is 0 Å². The van der Waals surface area contributed by atoms with Gasteiger partial charge in [-0.1, -0.05) is 45.2 Å². The number of nitrogens with one attached hydrogen (secondary N) is 1. The zero-order valence-corrected chi connectivity index (χ0v) is 12.0. The van der Waals surface area contributed by atoms with E-state index in [9.17, 15) is 0 Å². The molecule has 0 saturated carbocycles. The molecule has 1 unspecified atom stereocenters. The van der Waals surface area contributed by atoms with Crippen LogP contribution in [0.15, 0.2) is 24.3 Å². The van der Waals surface area contributed by atoms with Crippen molar-refractivity contribution in [2.75, 3.05) is 13.7 Å². The molecule has 1 aromatic carbocycles. The second-order valence-electron chi connectivity index (χ2n) is 4.75. The van der Waals surface area contributed by atoms with Crippen molar-refractivity contribution in [3.8, 4) is 5.75 Å². The van der Waals surface area contributed by atoms with E-state index in [0.29, 0.717) is 6.04 Å². The lowest BCUT2D eigenvalue weighted by Gasteiger charge is -2.17. The fraction of sp³-hybridized carbons (Fsp3) is 0.625. The summed E-state index contributed by atoms with van der Waals surface area (Å²) in [5, 5.41) is 3.40. The lowest BCUT2D eigenvalue weighted by molar-refractivity contribution is 0.317. The standard InChI is InChI=1S/C16H27NO/c1-4-6-7-8-16(17-3)14-9-11-15(12-10-14)18-13-5-2/h9-12,16-17H,4-8,13H2,1-3H3. The van der Waals surface area contributed by atoms with E-state index < -0.39 is 0 Å². The molecule has 0 saturated heterocycles. The molecule has 0 fully saturated rings. The summed E-state index contributed by atoms with van der Waals surface area (Å²) in [6, 6.07) is 8.98. The van der Waals surface area contributed by atoms with Gasteiger partial charge in [0.25, 0.3) is 0 Å². The Kier molecular flexibility index (Phi) is 7.51. The molecule has 0 spiro atoms. The van der Waals surface area contributed by atoms with Crippen molar-refractivity contribution >= 4 is 0 Å². The topological polar surface area (TPSA) is 21.3 Å². The first kappa shape index (κ1) is 15.0. The third-order valence-corrected chi connectivity index (χ3v) is 3.20. The molecule has 2 nitrogen and oxygen atoms in total. The summed E-state index contributed by atoms with van der Waals surface area (Å²) in [4.78, 5) is 0. The minimum Gasteiger partial charge on any atom is -0.494 e. The van der Waals surface area contributed by atoms with E-state index in [2.05, 4.69) is 43.4 Å². The van der Waals surface area contributed by atoms with Gasteiger partial charge in [0.05, 0.1) is 6.61 Å². The van der Waals surface area contributed by atoms with E-state index in [-0.39, 0.29) is 0 Å². The fourth-order valence-electron chi connectivity index (χ4n) is 2.09. The highest BCUT2D eigenvalue weighted by atomic mass is 16.5. The van der Waals surface area contributed by atoms with Crippen molar-refractivity contribution in [1.82, 2.24) is 5.32 Å². The SMILES string of the molecule is CCCCCC(NC)c1ccc(OCCC)cc1. The van der Waals surface area contributed by atoms with Gasteiger partial charge in [-0.2, -0.15) is 0 Å². The molecule has 2 heteroatoms. The average molecular weight is 249 g/mol. The van der Waals surface area contributed by atoms with Crippen molar-refractivity contribution in [1.29, 1.82) is 0 Å². The third-order valence-electron chi connectivity index (χ3n) is 3.20. The summed E-state index contributed by atoms with van der Waals surface area (Å²) in [5.74, 6) is 0.976. The van der Waals surface area contributed by atoms with Crippen molar-refractivity contribution < 1.29 is 4.74 Å². The van der Waals surface area contributed by atoms with E-state index in [1.54, 1.807) is 0 Å². The zero-order valence-electron chi connectivity index (χ0n) is 12.0. The molecule has 1 aromatic rings. The number of hydrogen-bond acceptors (Lipinski definition) is 2. The Morgan fingerprint density at radius 3 is 2.33 bits per heavy atom. The molecule has 0 amide bonds. The summed E-state index contributed by atoms with van der Waals surface area (Å²) in [5.41, 5.74) is 1.36. The number of ether oxygens (including phenoxy) is 1. The molecule has 18 heavy (non-hydrogen) atoms. The maximum Gasteiger partial charge on any atom is 0.119 e. The molecule has 102 valence electrons. The highest BCUT2D eigenvalue weighted by Crippen LogP contribution is 2.22. The maximum absolute atomic E-state index is 5.60. The first-order valence-corrected chi connectivity index (χ1v) is 7.21. The van der Waals surface area contributed by atoms with Crippen molar-refractivity contribution in [2.45, 2.75) is 52.0 Å². The molecular weight excluding hydrogens is 222 g/mol. The van der Waals surface area contributed by atoms with Gasteiger partial charge in [-0.05, 0) is 37.6 Å². The van der Waals surface area contributed by atoms with E-state index in [1.807, 2.05) is 7.05 Å². The molecule has 0 aromatic heterocycles. The van der Waals surface area contributed by atoms with Gasteiger partial charge < -0.3 is 10.1 Å². The van der Waals surface area contributed by atoms with E-state index >= 15 is 0 Å². The Balaban J connectivity index is 2.52. The van der Waals surface area contributed by atoms with Gasteiger partial charge >= 0.3 is 0 Å². The van der Waals surface area contributed by atoms with Gasteiger partial charge in [-0.25, -0.2) is 0 Å². The number of hydrogen-bond donors (Lipinski definition) is 1. The van der Waals surface area contributed by atoms with Crippen LogP contribution in [0.25, 0.3) is 0 Å². The molecule has 1 N–H and O–H groups in total. The summed E-state index contributed by atoms with van der Waals surface area (Å²) in [6.07, 6.45) is 6.14. The summed E-state index contributed by atoms with van der Waals surface area (Å²) < 4.78 is 5.60. The second-order valence-corrected chi connectivity index (χ2v) is 4.75. The summed E-state index contributed by atoms with van der Waals surface area (Å²) in [6.45, 7) is 5.17. The monoisotopic (exact) mass is 249 g/mol. The van der Waals surface area contributed by atoms with Crippen LogP contribution in [0.5, 0.6) is 5.75 Å². The molecule has 0 radical (unpaired) electrons. The van der Waals surface area contributed by atoms with Crippen LogP contribution in [0.4, 0.5) is 0 Å². The summed E-state index contributed by atoms with van der Waals surface area (Å²) in [7, 11) is 2.04. The first-order chi connectivity index (χ1) is 8.81. The minimum absolute atomic E-state index is 0.469. The van der Waals surface area contributed by atoms with Crippen LogP contribution in [0.1, 0.15) is 57.6 Å². The minimum atomic E-state index is 0.469. The van der Waals surface area contributed by atoms with Gasteiger partial charge in [0.1, 0.15) is 5.75 Å². The first-order valence-electron chi connectivity index (χ1n) is 7.21. The van der Waals surface area contributed by atoms with E-state index in [4.69, 9.17) is 4.74 Å². The van der Waals surface area contributed by atoms with Crippen molar-refractivity contribution in [2.24, 2.45) is 0 Å². The van der Waals surface area contributed by atoms with Gasteiger partial charge in [-0.3, -0.25) is 0 Å². The predicted molar refractivity (Wildman–Crippen MR) is 78.2 cm³/mol. The quantitative estimate of drug-likeness (QED) is 0.658. The van der Waals surface area contributed by atoms with Crippen molar-refractivity contribution in [3.63, 3.8) is 0 Å². The van der Waals surface area contributed by atoms with Gasteiger partial charge in [-0.15, -0.1) is 0 Å². The molecule has 1 rings (SSSR count). The maximum atomic E-state index is 5.60. The molecule has 0 bridgehead atoms. The number of rotatable bonds is 9. The number of unbranched alkanes of at least 4 members (excludes halogenated alkanes) is 2. The zero-order chi connectivity index (χ0) is 13.2. The van der Waals surface area contributed by atoms with Crippen LogP contribution in [0, 0.1) is 0 Å². The van der Waals surface area contributed by atoms with Crippen LogP contribution in [-0.4, -0.2) is 13.7 Å². The lowest BCUT2D eigenvalue weighted by atomic mass is 10.0. The Bertz CT molecular complexity index is 307. The van der Waals surface area contributed by atoms with E-state index in [0.717, 1.165) is 18.8 Å². The van der Waals surface area contributed by atoms with Crippen LogP contribution in [0.3, 0.4) is 0 Å². The Hall–Kier alpha value is -1.02. The highest BCUT2D eigenvalue weighted by Gasteiger charge is 2.08. The molecule has 0 aliphatic carbocycles. The fourth-order valence-corrected chi connectivity index (χ4v) is 2.09. The van der Waals surface area contributed by atoms with Crippen LogP contribution in [0.2, 0.25) is 0 Å². The molecule has 1 atom stereocenters. The Labute approximate surface area is 112 Å². The summed E-state index contributed by atoms with van der Waals surface area (Å²) >= 11 is 0. The average Bonchev–Trinajstić information content (AvgIpc) is 2.42. The van der Waals surface area contributed by atoms with Gasteiger partial charge in [0.2, 0.25) is 0 Å². The smallest absolute Gasteiger partial charge is 0.119 e. The van der Waals surface area contributed by atoms with Gasteiger partial charge in [0.15, 0.2) is 0 Å². The van der Waals surface area contributed by atoms with Crippen molar-refractivity contribution in [3.05, 3.63) is 29.8 Å². The van der Waals surface area contributed by atoms with Crippen LogP contribution < -0.4 is 10.1 Å². The normalized spacial score (nSPS) is 12.4. The Morgan fingerprint density at radius 1 is 1.06 bits per heavy atom. The van der Waals surface area contributed by atoms with Gasteiger partial charge in [0, 0.05) is 6.04 Å². The number of benzene rings is 1. The van der Waals surface area contributed by atoms with E-state index in [1.165, 1.54) is 31.2 Å². The molecule has 0 aliphatic heterocycles. The largest absolute Gasteiger partial charge is 0.494 e. The predicted octanol–water partition coefficient (Wildman–Crippen LogP) is 4.32. The molecule has 0 heterocycles. The molecular formula is C16H27NO. The molecule has 0 aliphatic rings. The lowest BCUT2D eigenvalue weighted by Crippen LogP contribution is -2.16. The Morgan fingerprint density at radius 2 is 1.78 bits per heavy atom. The third kappa shape index (κ3) is 5.09. The highest BCUT2D eigenvalue weighted by molar-refractivity contribution is 5.29.